The van der Waals surface area contributed by atoms with E-state index >= 15 is 0 Å². The van der Waals surface area contributed by atoms with Gasteiger partial charge in [-0.3, -0.25) is 9.69 Å². The topological polar surface area (TPSA) is 74.4 Å². The standard InChI is InChI=1S/C24H44N4O4/c1-7-10-28(22(30)25-16-23(2,3)17-26(4)5)21(29)19-13-18-14-24(31-11-12-32-24)9-8-20(18)27(6)15-19/h18-20H,7-17H2,1-6H3,(H,25,30)/t18-,19-,20-/m1/s1. The third kappa shape index (κ3) is 6.01. The van der Waals surface area contributed by atoms with Gasteiger partial charge in [0.2, 0.25) is 5.91 Å². The summed E-state index contributed by atoms with van der Waals surface area (Å²) in [5.74, 6) is -0.330. The number of rotatable bonds is 7. The maximum absolute atomic E-state index is 13.5. The van der Waals surface area contributed by atoms with Crippen LogP contribution in [0.4, 0.5) is 4.79 Å². The van der Waals surface area contributed by atoms with Crippen molar-refractivity contribution in [3.63, 3.8) is 0 Å². The van der Waals surface area contributed by atoms with Crippen molar-refractivity contribution in [2.75, 3.05) is 60.5 Å². The molecule has 1 saturated carbocycles. The van der Waals surface area contributed by atoms with Crippen molar-refractivity contribution < 1.29 is 19.1 Å². The number of urea groups is 1. The minimum absolute atomic E-state index is 0.0482. The highest BCUT2D eigenvalue weighted by atomic mass is 16.7. The highest BCUT2D eigenvalue weighted by molar-refractivity contribution is 5.95. The van der Waals surface area contributed by atoms with Gasteiger partial charge in [-0.1, -0.05) is 20.8 Å². The smallest absolute Gasteiger partial charge is 0.324 e. The summed E-state index contributed by atoms with van der Waals surface area (Å²) < 4.78 is 11.9. The molecule has 2 saturated heterocycles. The number of carbonyl (C=O) groups excluding carboxylic acids is 2. The Bertz CT molecular complexity index is 662. The van der Waals surface area contributed by atoms with Crippen LogP contribution in [0.2, 0.25) is 0 Å². The lowest BCUT2D eigenvalue weighted by molar-refractivity contribution is -0.202. The number of piperidine rings is 1. The number of nitrogens with one attached hydrogen (secondary N) is 1. The van der Waals surface area contributed by atoms with Crippen molar-refractivity contribution in [1.82, 2.24) is 20.0 Å². The van der Waals surface area contributed by atoms with E-state index in [-0.39, 0.29) is 23.3 Å². The molecular formula is C24H44N4O4. The average molecular weight is 453 g/mol. The highest BCUT2D eigenvalue weighted by Crippen LogP contribution is 2.45. The molecule has 1 N–H and O–H groups in total. The van der Waals surface area contributed by atoms with Gasteiger partial charge in [0.25, 0.3) is 0 Å². The molecule has 3 aliphatic rings. The molecule has 1 spiro atoms. The highest BCUT2D eigenvalue weighted by Gasteiger charge is 2.49. The van der Waals surface area contributed by atoms with E-state index < -0.39 is 5.79 Å². The van der Waals surface area contributed by atoms with Crippen molar-refractivity contribution in [3.8, 4) is 0 Å². The summed E-state index contributed by atoms with van der Waals surface area (Å²) in [4.78, 5) is 32.5. The molecule has 3 atom stereocenters. The number of ether oxygens (including phenoxy) is 2. The van der Waals surface area contributed by atoms with Crippen LogP contribution in [0, 0.1) is 17.3 Å². The lowest BCUT2D eigenvalue weighted by atomic mass is 9.72. The number of hydrogen-bond acceptors (Lipinski definition) is 6. The van der Waals surface area contributed by atoms with Gasteiger partial charge in [-0.05, 0) is 51.7 Å². The molecule has 0 aromatic heterocycles. The number of fused-ring (bicyclic) bond motifs is 1. The summed E-state index contributed by atoms with van der Waals surface area (Å²) in [6.07, 6.45) is 4.33. The molecule has 3 amide bonds. The molecule has 0 radical (unpaired) electrons. The van der Waals surface area contributed by atoms with E-state index in [1.807, 2.05) is 21.0 Å². The molecule has 8 nitrogen and oxygen atoms in total. The molecule has 0 aromatic carbocycles. The van der Waals surface area contributed by atoms with Gasteiger partial charge in [0.1, 0.15) is 0 Å². The Labute approximate surface area is 193 Å². The maximum atomic E-state index is 13.5. The Hall–Kier alpha value is -1.22. The molecule has 3 fully saturated rings. The minimum atomic E-state index is -0.453. The third-order valence-corrected chi connectivity index (χ3v) is 7.18. The van der Waals surface area contributed by atoms with Crippen molar-refractivity contribution in [2.45, 2.75) is 64.7 Å². The molecule has 1 aliphatic carbocycles. The van der Waals surface area contributed by atoms with Gasteiger partial charge in [0.05, 0.1) is 19.1 Å². The first kappa shape index (κ1) is 25.4. The van der Waals surface area contributed by atoms with Crippen LogP contribution in [-0.2, 0) is 14.3 Å². The van der Waals surface area contributed by atoms with E-state index in [0.717, 1.165) is 38.6 Å². The van der Waals surface area contributed by atoms with Crippen molar-refractivity contribution in [3.05, 3.63) is 0 Å². The van der Waals surface area contributed by atoms with Gasteiger partial charge in [-0.2, -0.15) is 0 Å². The fourth-order valence-electron chi connectivity index (χ4n) is 6.00. The normalized spacial score (nSPS) is 28.0. The molecular weight excluding hydrogens is 408 g/mol. The van der Waals surface area contributed by atoms with Crippen LogP contribution in [0.5, 0.6) is 0 Å². The van der Waals surface area contributed by atoms with Crippen LogP contribution in [0.3, 0.4) is 0 Å². The van der Waals surface area contributed by atoms with Gasteiger partial charge in [0.15, 0.2) is 5.79 Å². The average Bonchev–Trinajstić information content (AvgIpc) is 3.16. The summed E-state index contributed by atoms with van der Waals surface area (Å²) in [6, 6.07) is 0.189. The van der Waals surface area contributed by atoms with Gasteiger partial charge >= 0.3 is 6.03 Å². The molecule has 0 unspecified atom stereocenters. The van der Waals surface area contributed by atoms with Crippen molar-refractivity contribution >= 4 is 11.9 Å². The van der Waals surface area contributed by atoms with E-state index in [4.69, 9.17) is 9.47 Å². The quantitative estimate of drug-likeness (QED) is 0.639. The zero-order valence-electron chi connectivity index (χ0n) is 21.0. The summed E-state index contributed by atoms with van der Waals surface area (Å²) in [5.41, 5.74) is -0.0733. The van der Waals surface area contributed by atoms with Crippen LogP contribution in [0.15, 0.2) is 0 Å². The third-order valence-electron chi connectivity index (χ3n) is 7.18. The zero-order chi connectivity index (χ0) is 23.5. The second kappa shape index (κ2) is 10.4. The molecule has 0 bridgehead atoms. The molecule has 2 aliphatic heterocycles. The second-order valence-electron chi connectivity index (χ2n) is 11.1. The Morgan fingerprint density at radius 3 is 2.53 bits per heavy atom. The van der Waals surface area contributed by atoms with Crippen LogP contribution in [-0.4, -0.2) is 99.0 Å². The van der Waals surface area contributed by atoms with Crippen molar-refractivity contribution in [1.29, 1.82) is 0 Å². The first-order chi connectivity index (χ1) is 15.1. The van der Waals surface area contributed by atoms with E-state index in [1.54, 1.807) is 0 Å². The number of likely N-dealkylation sites (tertiary alicyclic amines) is 1. The summed E-state index contributed by atoms with van der Waals surface area (Å²) in [5, 5.41) is 3.03. The van der Waals surface area contributed by atoms with E-state index in [0.29, 0.717) is 44.8 Å². The minimum Gasteiger partial charge on any atom is -0.348 e. The van der Waals surface area contributed by atoms with Gasteiger partial charge < -0.3 is 24.6 Å². The largest absolute Gasteiger partial charge is 0.348 e. The Morgan fingerprint density at radius 1 is 1.22 bits per heavy atom. The van der Waals surface area contributed by atoms with Crippen LogP contribution < -0.4 is 5.32 Å². The number of nitrogens with zero attached hydrogens (tertiary/aromatic N) is 3. The fraction of sp³-hybridized carbons (Fsp3) is 0.917. The van der Waals surface area contributed by atoms with Gasteiger partial charge in [0, 0.05) is 45.1 Å². The molecule has 32 heavy (non-hydrogen) atoms. The molecule has 3 rings (SSSR count). The summed E-state index contributed by atoms with van der Waals surface area (Å²) in [7, 11) is 6.17. The van der Waals surface area contributed by atoms with Crippen LogP contribution in [0.1, 0.15) is 52.9 Å². The van der Waals surface area contributed by atoms with Crippen LogP contribution >= 0.6 is 0 Å². The van der Waals surface area contributed by atoms with E-state index in [1.165, 1.54) is 4.90 Å². The number of amides is 3. The SMILES string of the molecule is CCCN(C(=O)NCC(C)(C)CN(C)C)C(=O)[C@@H]1C[C@@H]2CC3(CC[C@H]2N(C)C1)OCCO3. The lowest BCUT2D eigenvalue weighted by Gasteiger charge is -2.49. The molecule has 184 valence electrons. The molecule has 8 heteroatoms. The first-order valence-corrected chi connectivity index (χ1v) is 12.3. The van der Waals surface area contributed by atoms with E-state index in [9.17, 15) is 9.59 Å². The van der Waals surface area contributed by atoms with Gasteiger partial charge in [-0.25, -0.2) is 4.79 Å². The Kier molecular flexibility index (Phi) is 8.23. The summed E-state index contributed by atoms with van der Waals surface area (Å²) in [6.45, 7) is 10.1. The predicted octanol–water partition coefficient (Wildman–Crippen LogP) is 2.39. The maximum Gasteiger partial charge on any atom is 0.324 e. The number of hydrogen-bond donors (Lipinski definition) is 1. The lowest BCUT2D eigenvalue weighted by Crippen LogP contribution is -2.57. The van der Waals surface area contributed by atoms with E-state index in [2.05, 4.69) is 36.0 Å². The van der Waals surface area contributed by atoms with Crippen molar-refractivity contribution in [2.24, 2.45) is 17.3 Å². The van der Waals surface area contributed by atoms with Crippen LogP contribution in [0.25, 0.3) is 0 Å². The monoisotopic (exact) mass is 452 g/mol. The number of imide groups is 1. The first-order valence-electron chi connectivity index (χ1n) is 12.3. The Morgan fingerprint density at radius 2 is 1.91 bits per heavy atom. The van der Waals surface area contributed by atoms with Gasteiger partial charge in [-0.15, -0.1) is 0 Å². The molecule has 0 aromatic rings. The number of carbonyl (C=O) groups is 2. The fourth-order valence-corrected chi connectivity index (χ4v) is 6.00. The molecule has 2 heterocycles. The zero-order valence-corrected chi connectivity index (χ0v) is 21.0. The predicted molar refractivity (Wildman–Crippen MR) is 124 cm³/mol. The Balaban J connectivity index is 1.64. The summed E-state index contributed by atoms with van der Waals surface area (Å²) >= 11 is 0. The second-order valence-corrected chi connectivity index (χ2v) is 11.1.